The Hall–Kier alpha value is -3.25. The maximum atomic E-state index is 6.23. The summed E-state index contributed by atoms with van der Waals surface area (Å²) in [4.78, 5) is 8.95. The Bertz CT molecular complexity index is 995. The maximum absolute atomic E-state index is 6.23. The van der Waals surface area contributed by atoms with E-state index < -0.39 is 0 Å². The summed E-state index contributed by atoms with van der Waals surface area (Å²) in [6.45, 7) is 0.633. The highest BCUT2D eigenvalue weighted by Gasteiger charge is 2.07. The number of fused-ring (bicyclic) bond motifs is 1. The number of nitrogens with zero attached hydrogens (tertiary/aromatic N) is 3. The number of nitrogens with one attached hydrogen (secondary N) is 2. The van der Waals surface area contributed by atoms with Crippen molar-refractivity contribution >= 4 is 16.7 Å². The Balaban J connectivity index is 1.44. The van der Waals surface area contributed by atoms with Crippen LogP contribution in [0, 0.1) is 0 Å². The number of nitrogens with two attached hydrogens (primary N) is 1. The molecule has 26 heavy (non-hydrogen) atoms. The molecule has 6 nitrogen and oxygen atoms in total. The van der Waals surface area contributed by atoms with Gasteiger partial charge in [-0.25, -0.2) is 4.98 Å². The molecule has 0 saturated carbocycles. The number of aromatic nitrogens is 4. The zero-order valence-corrected chi connectivity index (χ0v) is 14.3. The van der Waals surface area contributed by atoms with Crippen molar-refractivity contribution in [3.8, 4) is 11.3 Å². The number of benzene rings is 2. The van der Waals surface area contributed by atoms with E-state index in [0.29, 0.717) is 6.54 Å². The molecule has 0 spiro atoms. The normalized spacial score (nSPS) is 12.2. The lowest BCUT2D eigenvalue weighted by Gasteiger charge is -2.13. The van der Waals surface area contributed by atoms with E-state index in [0.717, 1.165) is 34.4 Å². The molecule has 0 radical (unpaired) electrons. The van der Waals surface area contributed by atoms with Gasteiger partial charge in [0.05, 0.1) is 29.8 Å². The third-order valence-corrected chi connectivity index (χ3v) is 4.26. The summed E-state index contributed by atoms with van der Waals surface area (Å²) in [5, 5.41) is 11.3. The lowest BCUT2D eigenvalue weighted by atomic mass is 10.1. The second-order valence-electron chi connectivity index (χ2n) is 6.29. The van der Waals surface area contributed by atoms with Gasteiger partial charge in [-0.3, -0.25) is 10.1 Å². The molecule has 0 fully saturated rings. The van der Waals surface area contributed by atoms with Crippen LogP contribution in [-0.4, -0.2) is 32.8 Å². The first kappa shape index (κ1) is 16.2. The standard InChI is InChI=1S/C20H20N6/c21-17(8-14-4-2-1-3-5-14)11-23-20-13-22-12-19(25-20)15-6-7-18-16(9-15)10-24-26-18/h1-7,9-10,12-13,17H,8,11,21H2,(H,23,25)(H,24,26). The highest BCUT2D eigenvalue weighted by atomic mass is 15.1. The van der Waals surface area contributed by atoms with Gasteiger partial charge in [-0.1, -0.05) is 36.4 Å². The van der Waals surface area contributed by atoms with Crippen molar-refractivity contribution in [2.75, 3.05) is 11.9 Å². The molecule has 1 unspecified atom stereocenters. The molecule has 6 heteroatoms. The van der Waals surface area contributed by atoms with Crippen LogP contribution in [0.3, 0.4) is 0 Å². The number of hydrogen-bond donors (Lipinski definition) is 3. The van der Waals surface area contributed by atoms with E-state index in [-0.39, 0.29) is 6.04 Å². The van der Waals surface area contributed by atoms with Gasteiger partial charge < -0.3 is 11.1 Å². The molecule has 4 rings (SSSR count). The summed E-state index contributed by atoms with van der Waals surface area (Å²) in [5.74, 6) is 0.721. The van der Waals surface area contributed by atoms with E-state index in [1.807, 2.05) is 36.4 Å². The summed E-state index contributed by atoms with van der Waals surface area (Å²) in [6.07, 6.45) is 6.10. The van der Waals surface area contributed by atoms with E-state index in [9.17, 15) is 0 Å². The van der Waals surface area contributed by atoms with Gasteiger partial charge in [0.1, 0.15) is 5.82 Å². The highest BCUT2D eigenvalue weighted by Crippen LogP contribution is 2.22. The van der Waals surface area contributed by atoms with Crippen molar-refractivity contribution in [3.63, 3.8) is 0 Å². The number of anilines is 1. The van der Waals surface area contributed by atoms with Gasteiger partial charge in [-0.2, -0.15) is 5.10 Å². The summed E-state index contributed by atoms with van der Waals surface area (Å²) in [5.41, 5.74) is 10.3. The van der Waals surface area contributed by atoms with E-state index in [4.69, 9.17) is 5.73 Å². The van der Waals surface area contributed by atoms with Crippen LogP contribution in [0.1, 0.15) is 5.56 Å². The molecule has 130 valence electrons. The third-order valence-electron chi connectivity index (χ3n) is 4.26. The molecule has 0 saturated heterocycles. The molecule has 0 aliphatic carbocycles. The molecule has 0 aliphatic heterocycles. The summed E-state index contributed by atoms with van der Waals surface area (Å²) in [7, 11) is 0. The van der Waals surface area contributed by atoms with Gasteiger partial charge in [-0.05, 0) is 24.1 Å². The fourth-order valence-corrected chi connectivity index (χ4v) is 2.92. The number of rotatable bonds is 6. The lowest BCUT2D eigenvalue weighted by molar-refractivity contribution is 0.697. The smallest absolute Gasteiger partial charge is 0.145 e. The van der Waals surface area contributed by atoms with Crippen LogP contribution >= 0.6 is 0 Å². The van der Waals surface area contributed by atoms with Gasteiger partial charge >= 0.3 is 0 Å². The molecule has 0 amide bonds. The van der Waals surface area contributed by atoms with Crippen LogP contribution in [0.4, 0.5) is 5.82 Å². The second kappa shape index (κ2) is 7.33. The first-order valence-corrected chi connectivity index (χ1v) is 8.57. The monoisotopic (exact) mass is 344 g/mol. The van der Waals surface area contributed by atoms with Crippen LogP contribution in [-0.2, 0) is 6.42 Å². The van der Waals surface area contributed by atoms with Crippen LogP contribution < -0.4 is 11.1 Å². The summed E-state index contributed by atoms with van der Waals surface area (Å²) < 4.78 is 0. The van der Waals surface area contributed by atoms with Crippen molar-refractivity contribution in [2.45, 2.75) is 12.5 Å². The topological polar surface area (TPSA) is 92.5 Å². The average Bonchev–Trinajstić information content (AvgIpc) is 3.15. The molecule has 0 bridgehead atoms. The first-order valence-electron chi connectivity index (χ1n) is 8.57. The fraction of sp³-hybridized carbons (Fsp3) is 0.150. The Kier molecular flexibility index (Phi) is 4.57. The predicted octanol–water partition coefficient (Wildman–Crippen LogP) is 3.00. The molecule has 2 aromatic carbocycles. The minimum atomic E-state index is 0.00476. The van der Waals surface area contributed by atoms with Crippen LogP contribution in [0.15, 0.2) is 67.1 Å². The van der Waals surface area contributed by atoms with Crippen molar-refractivity contribution in [1.29, 1.82) is 0 Å². The van der Waals surface area contributed by atoms with E-state index in [1.54, 1.807) is 18.6 Å². The zero-order chi connectivity index (χ0) is 17.8. The molecular formula is C20H20N6. The van der Waals surface area contributed by atoms with Gasteiger partial charge in [0.2, 0.25) is 0 Å². The van der Waals surface area contributed by atoms with Crippen molar-refractivity contribution in [2.24, 2.45) is 5.73 Å². The second-order valence-corrected chi connectivity index (χ2v) is 6.29. The predicted molar refractivity (Wildman–Crippen MR) is 104 cm³/mol. The van der Waals surface area contributed by atoms with Crippen molar-refractivity contribution < 1.29 is 0 Å². The van der Waals surface area contributed by atoms with Gasteiger partial charge in [0.25, 0.3) is 0 Å². The SMILES string of the molecule is NC(CNc1cncc(-c2ccc3[nH]ncc3c2)n1)Cc1ccccc1. The minimum absolute atomic E-state index is 0.00476. The highest BCUT2D eigenvalue weighted by molar-refractivity contribution is 5.83. The zero-order valence-electron chi connectivity index (χ0n) is 14.3. The Morgan fingerprint density at radius 2 is 1.92 bits per heavy atom. The third kappa shape index (κ3) is 3.70. The van der Waals surface area contributed by atoms with E-state index in [2.05, 4.69) is 37.6 Å². The quantitative estimate of drug-likeness (QED) is 0.500. The Labute approximate surface area is 151 Å². The first-order chi connectivity index (χ1) is 12.8. The molecule has 2 aromatic heterocycles. The maximum Gasteiger partial charge on any atom is 0.145 e. The summed E-state index contributed by atoms with van der Waals surface area (Å²) in [6, 6.07) is 16.3. The number of aromatic amines is 1. The lowest BCUT2D eigenvalue weighted by Crippen LogP contribution is -2.31. The van der Waals surface area contributed by atoms with Crippen molar-refractivity contribution in [3.05, 3.63) is 72.7 Å². The van der Waals surface area contributed by atoms with Gasteiger partial charge in [-0.15, -0.1) is 0 Å². The molecule has 4 aromatic rings. The molecule has 0 aliphatic rings. The van der Waals surface area contributed by atoms with Crippen molar-refractivity contribution in [1.82, 2.24) is 20.2 Å². The molecular weight excluding hydrogens is 324 g/mol. The molecule has 1 atom stereocenters. The minimum Gasteiger partial charge on any atom is -0.367 e. The van der Waals surface area contributed by atoms with Gasteiger partial charge in [0, 0.05) is 23.5 Å². The van der Waals surface area contributed by atoms with E-state index >= 15 is 0 Å². The van der Waals surface area contributed by atoms with Crippen LogP contribution in [0.5, 0.6) is 0 Å². The molecule has 4 N–H and O–H groups in total. The largest absolute Gasteiger partial charge is 0.367 e. The Morgan fingerprint density at radius 3 is 2.81 bits per heavy atom. The van der Waals surface area contributed by atoms with Crippen LogP contribution in [0.2, 0.25) is 0 Å². The number of hydrogen-bond acceptors (Lipinski definition) is 5. The van der Waals surface area contributed by atoms with Gasteiger partial charge in [0.15, 0.2) is 0 Å². The number of H-pyrrole nitrogens is 1. The molecule has 2 heterocycles. The summed E-state index contributed by atoms with van der Waals surface area (Å²) >= 11 is 0. The average molecular weight is 344 g/mol. The Morgan fingerprint density at radius 1 is 1.04 bits per heavy atom. The fourth-order valence-electron chi connectivity index (χ4n) is 2.92. The van der Waals surface area contributed by atoms with E-state index in [1.165, 1.54) is 5.56 Å². The van der Waals surface area contributed by atoms with Crippen LogP contribution in [0.25, 0.3) is 22.2 Å².